The van der Waals surface area contributed by atoms with Gasteiger partial charge in [0.05, 0.1) is 5.69 Å². The zero-order valence-corrected chi connectivity index (χ0v) is 11.5. The van der Waals surface area contributed by atoms with Crippen molar-refractivity contribution < 1.29 is 22.8 Å². The van der Waals surface area contributed by atoms with Gasteiger partial charge in [-0.2, -0.15) is 0 Å². The first-order chi connectivity index (χ1) is 11.0. The number of nitrogens with zero attached hydrogens (tertiary/aromatic N) is 1. The fourth-order valence-corrected chi connectivity index (χ4v) is 2.16. The molecule has 2 aromatic carbocycles. The van der Waals surface area contributed by atoms with E-state index in [-0.39, 0.29) is 11.4 Å². The molecule has 0 saturated carbocycles. The Kier molecular flexibility index (Phi) is 3.61. The number of hydrogen-bond donors (Lipinski definition) is 1. The number of imide groups is 1. The van der Waals surface area contributed by atoms with E-state index < -0.39 is 29.3 Å². The minimum absolute atomic E-state index is 0.163. The molecule has 0 unspecified atom stereocenters. The van der Waals surface area contributed by atoms with Crippen LogP contribution in [0.5, 0.6) is 0 Å². The number of anilines is 2. The van der Waals surface area contributed by atoms with Gasteiger partial charge in [-0.1, -0.05) is 18.2 Å². The molecule has 1 aliphatic heterocycles. The third-order valence-corrected chi connectivity index (χ3v) is 3.20. The number of amides is 2. The van der Waals surface area contributed by atoms with E-state index in [2.05, 4.69) is 5.32 Å². The third kappa shape index (κ3) is 2.68. The minimum atomic E-state index is -1.61. The molecule has 0 atom stereocenters. The first-order valence-corrected chi connectivity index (χ1v) is 6.54. The van der Waals surface area contributed by atoms with Crippen LogP contribution in [0, 0.1) is 17.5 Å². The number of halogens is 3. The van der Waals surface area contributed by atoms with Crippen LogP contribution in [0.4, 0.5) is 24.5 Å². The summed E-state index contributed by atoms with van der Waals surface area (Å²) in [5.41, 5.74) is 0.0278. The van der Waals surface area contributed by atoms with Crippen LogP contribution in [0.1, 0.15) is 0 Å². The molecule has 2 aromatic rings. The monoisotopic (exact) mass is 318 g/mol. The molecule has 0 bridgehead atoms. The number of nitrogens with one attached hydrogen (secondary N) is 1. The lowest BCUT2D eigenvalue weighted by atomic mass is 10.2. The number of carbonyl (C=O) groups is 2. The van der Waals surface area contributed by atoms with Crippen LogP contribution >= 0.6 is 0 Å². The van der Waals surface area contributed by atoms with Crippen molar-refractivity contribution in [2.75, 3.05) is 10.2 Å². The van der Waals surface area contributed by atoms with Gasteiger partial charge in [0.25, 0.3) is 11.8 Å². The second-order valence-electron chi connectivity index (χ2n) is 4.75. The molecule has 1 aliphatic rings. The number of rotatable bonds is 3. The Hall–Kier alpha value is -3.09. The summed E-state index contributed by atoms with van der Waals surface area (Å²) in [6.07, 6.45) is 1.01. The zero-order chi connectivity index (χ0) is 16.6. The summed E-state index contributed by atoms with van der Waals surface area (Å²) in [6, 6.07) is 9.58. The van der Waals surface area contributed by atoms with Crippen molar-refractivity contribution in [1.29, 1.82) is 0 Å². The second-order valence-corrected chi connectivity index (χ2v) is 4.75. The van der Waals surface area contributed by atoms with Crippen molar-refractivity contribution in [3.8, 4) is 0 Å². The average molecular weight is 318 g/mol. The highest BCUT2D eigenvalue weighted by molar-refractivity contribution is 6.31. The quantitative estimate of drug-likeness (QED) is 0.699. The molecule has 0 radical (unpaired) electrons. The summed E-state index contributed by atoms with van der Waals surface area (Å²) in [6.45, 7) is 0. The fourth-order valence-electron chi connectivity index (χ4n) is 2.16. The zero-order valence-electron chi connectivity index (χ0n) is 11.5. The van der Waals surface area contributed by atoms with E-state index in [0.717, 1.165) is 11.0 Å². The lowest BCUT2D eigenvalue weighted by Crippen LogP contribution is -2.31. The Balaban J connectivity index is 1.87. The fraction of sp³-hybridized carbons (Fsp3) is 0. The first kappa shape index (κ1) is 14.8. The second kappa shape index (κ2) is 5.60. The van der Waals surface area contributed by atoms with Gasteiger partial charge in [-0.3, -0.25) is 9.59 Å². The number of hydrogen-bond acceptors (Lipinski definition) is 3. The van der Waals surface area contributed by atoms with Gasteiger partial charge in [0.15, 0.2) is 17.5 Å². The van der Waals surface area contributed by atoms with E-state index in [1.54, 1.807) is 30.3 Å². The molecule has 0 aliphatic carbocycles. The van der Waals surface area contributed by atoms with Gasteiger partial charge in [-0.15, -0.1) is 0 Å². The van der Waals surface area contributed by atoms with Crippen LogP contribution in [0.2, 0.25) is 0 Å². The molecule has 0 saturated heterocycles. The van der Waals surface area contributed by atoms with Gasteiger partial charge in [-0.25, -0.2) is 18.1 Å². The van der Waals surface area contributed by atoms with Crippen LogP contribution in [-0.4, -0.2) is 11.8 Å². The van der Waals surface area contributed by atoms with Gasteiger partial charge < -0.3 is 5.32 Å². The Morgan fingerprint density at radius 1 is 0.913 bits per heavy atom. The highest BCUT2D eigenvalue weighted by Gasteiger charge is 2.32. The molecule has 116 valence electrons. The SMILES string of the molecule is O=C1C=C(Nc2cc(F)c(F)c(F)c2)C(=O)N1c1ccccc1. The average Bonchev–Trinajstić information content (AvgIpc) is 2.80. The summed E-state index contributed by atoms with van der Waals surface area (Å²) in [4.78, 5) is 25.1. The molecular formula is C16H9F3N2O2. The first-order valence-electron chi connectivity index (χ1n) is 6.54. The molecule has 2 amide bonds. The van der Waals surface area contributed by atoms with Gasteiger partial charge in [0, 0.05) is 23.9 Å². The van der Waals surface area contributed by atoms with E-state index in [1.807, 2.05) is 0 Å². The number of benzene rings is 2. The molecule has 3 rings (SSSR count). The van der Waals surface area contributed by atoms with Crippen molar-refractivity contribution in [3.63, 3.8) is 0 Å². The van der Waals surface area contributed by atoms with Gasteiger partial charge in [0.1, 0.15) is 5.70 Å². The van der Waals surface area contributed by atoms with Crippen molar-refractivity contribution in [1.82, 2.24) is 0 Å². The Morgan fingerprint density at radius 3 is 2.13 bits per heavy atom. The van der Waals surface area contributed by atoms with Gasteiger partial charge >= 0.3 is 0 Å². The Labute approximate surface area is 128 Å². The summed E-state index contributed by atoms with van der Waals surface area (Å²) < 4.78 is 39.3. The predicted octanol–water partition coefficient (Wildman–Crippen LogP) is 2.97. The molecule has 4 nitrogen and oxygen atoms in total. The van der Waals surface area contributed by atoms with Gasteiger partial charge in [0.2, 0.25) is 0 Å². The molecule has 0 fully saturated rings. The molecule has 1 heterocycles. The van der Waals surface area contributed by atoms with Crippen LogP contribution in [0.25, 0.3) is 0 Å². The van der Waals surface area contributed by atoms with Crippen LogP contribution in [0.3, 0.4) is 0 Å². The Morgan fingerprint density at radius 2 is 1.52 bits per heavy atom. The Bertz CT molecular complexity index is 811. The lowest BCUT2D eigenvalue weighted by molar-refractivity contribution is -0.120. The summed E-state index contributed by atoms with van der Waals surface area (Å²) in [5, 5.41) is 2.43. The minimum Gasteiger partial charge on any atom is -0.351 e. The molecule has 1 N–H and O–H groups in total. The molecule has 0 spiro atoms. The highest BCUT2D eigenvalue weighted by atomic mass is 19.2. The smallest absolute Gasteiger partial charge is 0.281 e. The van der Waals surface area contributed by atoms with E-state index in [1.165, 1.54) is 0 Å². The number of para-hydroxylation sites is 1. The molecule has 7 heteroatoms. The van der Waals surface area contributed by atoms with Crippen molar-refractivity contribution in [2.24, 2.45) is 0 Å². The van der Waals surface area contributed by atoms with Crippen LogP contribution in [-0.2, 0) is 9.59 Å². The van der Waals surface area contributed by atoms with Crippen molar-refractivity contribution >= 4 is 23.2 Å². The largest absolute Gasteiger partial charge is 0.351 e. The molecule has 23 heavy (non-hydrogen) atoms. The third-order valence-electron chi connectivity index (χ3n) is 3.20. The normalized spacial score (nSPS) is 14.2. The molecule has 0 aromatic heterocycles. The predicted molar refractivity (Wildman–Crippen MR) is 77.0 cm³/mol. The summed E-state index contributed by atoms with van der Waals surface area (Å²) >= 11 is 0. The summed E-state index contributed by atoms with van der Waals surface area (Å²) in [5.74, 6) is -5.67. The van der Waals surface area contributed by atoms with Crippen molar-refractivity contribution in [3.05, 3.63) is 71.7 Å². The maximum atomic E-state index is 13.2. The van der Waals surface area contributed by atoms with E-state index >= 15 is 0 Å². The van der Waals surface area contributed by atoms with Crippen LogP contribution in [0.15, 0.2) is 54.2 Å². The van der Waals surface area contributed by atoms with E-state index in [4.69, 9.17) is 0 Å². The topological polar surface area (TPSA) is 49.4 Å². The van der Waals surface area contributed by atoms with Crippen LogP contribution < -0.4 is 10.2 Å². The van der Waals surface area contributed by atoms with E-state index in [0.29, 0.717) is 17.8 Å². The molecular weight excluding hydrogens is 309 g/mol. The van der Waals surface area contributed by atoms with Crippen molar-refractivity contribution in [2.45, 2.75) is 0 Å². The highest BCUT2D eigenvalue weighted by Crippen LogP contribution is 2.24. The van der Waals surface area contributed by atoms with Gasteiger partial charge in [-0.05, 0) is 12.1 Å². The maximum absolute atomic E-state index is 13.2. The summed E-state index contributed by atoms with van der Waals surface area (Å²) in [7, 11) is 0. The standard InChI is InChI=1S/C16H9F3N2O2/c17-11-6-9(7-12(18)15(11)19)20-13-8-14(22)21(16(13)23)10-4-2-1-3-5-10/h1-8,20H. The van der Waals surface area contributed by atoms with E-state index in [9.17, 15) is 22.8 Å². The number of carbonyl (C=O) groups excluding carboxylic acids is 2. The maximum Gasteiger partial charge on any atom is 0.281 e. The lowest BCUT2D eigenvalue weighted by Gasteiger charge is -2.15.